The minimum absolute atomic E-state index is 0.202. The molecular formula is C12H18N2O3S. The highest BCUT2D eigenvalue weighted by Crippen LogP contribution is 2.35. The molecule has 0 amide bonds. The van der Waals surface area contributed by atoms with Gasteiger partial charge in [-0.3, -0.25) is 0 Å². The van der Waals surface area contributed by atoms with E-state index in [9.17, 15) is 13.5 Å². The second-order valence-electron chi connectivity index (χ2n) is 4.56. The van der Waals surface area contributed by atoms with Crippen molar-refractivity contribution in [3.63, 3.8) is 0 Å². The fourth-order valence-corrected chi connectivity index (χ4v) is 2.80. The first-order valence-electron chi connectivity index (χ1n) is 5.96. The van der Waals surface area contributed by atoms with Crippen LogP contribution in [0.1, 0.15) is 23.6 Å². The first-order chi connectivity index (χ1) is 8.47. The third-order valence-corrected chi connectivity index (χ3v) is 3.85. The summed E-state index contributed by atoms with van der Waals surface area (Å²) in [7, 11) is -3.12. The van der Waals surface area contributed by atoms with Gasteiger partial charge in [0.05, 0.1) is 6.26 Å². The fourth-order valence-electron chi connectivity index (χ4n) is 2.33. The van der Waals surface area contributed by atoms with Crippen LogP contribution < -0.4 is 10.0 Å². The van der Waals surface area contributed by atoms with Gasteiger partial charge in [-0.25, -0.2) is 13.1 Å². The summed E-state index contributed by atoms with van der Waals surface area (Å²) in [5.41, 5.74) is 2.13. The van der Waals surface area contributed by atoms with Crippen LogP contribution in [0.5, 0.6) is 5.75 Å². The van der Waals surface area contributed by atoms with E-state index in [0.717, 1.165) is 30.2 Å². The maximum absolute atomic E-state index is 10.9. The first-order valence-corrected chi connectivity index (χ1v) is 7.85. The molecule has 1 aromatic carbocycles. The van der Waals surface area contributed by atoms with Gasteiger partial charge < -0.3 is 10.4 Å². The Morgan fingerprint density at radius 2 is 2.17 bits per heavy atom. The Balaban J connectivity index is 1.89. The average molecular weight is 270 g/mol. The summed E-state index contributed by atoms with van der Waals surface area (Å²) in [5.74, 6) is 0.353. The predicted molar refractivity (Wildman–Crippen MR) is 70.0 cm³/mol. The fraction of sp³-hybridized carbons (Fsp3) is 0.500. The lowest BCUT2D eigenvalue weighted by Crippen LogP contribution is -2.32. The smallest absolute Gasteiger partial charge is 0.208 e. The van der Waals surface area contributed by atoms with Gasteiger partial charge in [0.1, 0.15) is 5.75 Å². The monoisotopic (exact) mass is 270 g/mol. The lowest BCUT2D eigenvalue weighted by Gasteiger charge is -2.14. The number of fused-ring (bicyclic) bond motifs is 1. The molecule has 0 spiro atoms. The molecule has 1 aromatic rings. The normalized spacial score (nSPS) is 18.8. The Bertz CT molecular complexity index is 528. The Hall–Kier alpha value is -1.11. The number of phenols is 1. The van der Waals surface area contributed by atoms with Gasteiger partial charge in [0.25, 0.3) is 0 Å². The highest BCUT2D eigenvalue weighted by Gasteiger charge is 2.23. The quantitative estimate of drug-likeness (QED) is 0.682. The number of rotatable bonds is 5. The Morgan fingerprint density at radius 3 is 2.89 bits per heavy atom. The third-order valence-electron chi connectivity index (χ3n) is 3.13. The molecular weight excluding hydrogens is 252 g/mol. The van der Waals surface area contributed by atoms with E-state index in [4.69, 9.17) is 0 Å². The van der Waals surface area contributed by atoms with Gasteiger partial charge in [0, 0.05) is 19.1 Å². The maximum Gasteiger partial charge on any atom is 0.208 e. The van der Waals surface area contributed by atoms with Crippen molar-refractivity contribution in [2.75, 3.05) is 19.3 Å². The summed E-state index contributed by atoms with van der Waals surface area (Å²) in [5, 5.41) is 13.0. The number of benzene rings is 1. The van der Waals surface area contributed by atoms with E-state index in [-0.39, 0.29) is 6.04 Å². The molecule has 6 heteroatoms. The molecule has 18 heavy (non-hydrogen) atoms. The topological polar surface area (TPSA) is 78.4 Å². The molecule has 5 nitrogen and oxygen atoms in total. The molecule has 0 fully saturated rings. The van der Waals surface area contributed by atoms with E-state index in [2.05, 4.69) is 10.0 Å². The lowest BCUT2D eigenvalue weighted by molar-refractivity contribution is 0.469. The molecule has 0 radical (unpaired) electrons. The zero-order valence-corrected chi connectivity index (χ0v) is 11.1. The van der Waals surface area contributed by atoms with Crippen LogP contribution in [0.4, 0.5) is 0 Å². The molecule has 1 aliphatic carbocycles. The molecule has 0 saturated heterocycles. The van der Waals surface area contributed by atoms with E-state index < -0.39 is 10.0 Å². The standard InChI is InChI=1S/C12H18N2O3S/c1-18(16,17)14-8-7-13-11-6-5-10-9(11)3-2-4-12(10)15/h2-4,11,13-15H,5-8H2,1H3. The van der Waals surface area contributed by atoms with Crippen LogP contribution in [0.25, 0.3) is 0 Å². The van der Waals surface area contributed by atoms with Crippen molar-refractivity contribution in [1.29, 1.82) is 0 Å². The van der Waals surface area contributed by atoms with Crippen molar-refractivity contribution < 1.29 is 13.5 Å². The van der Waals surface area contributed by atoms with E-state index in [1.807, 2.05) is 12.1 Å². The Kier molecular flexibility index (Phi) is 3.89. The number of phenolic OH excluding ortho intramolecular Hbond substituents is 1. The average Bonchev–Trinajstić information content (AvgIpc) is 2.68. The summed E-state index contributed by atoms with van der Waals surface area (Å²) in [6, 6.07) is 5.74. The number of aromatic hydroxyl groups is 1. The molecule has 0 bridgehead atoms. The summed E-state index contributed by atoms with van der Waals surface area (Å²) in [6.45, 7) is 0.955. The summed E-state index contributed by atoms with van der Waals surface area (Å²) in [4.78, 5) is 0. The molecule has 3 N–H and O–H groups in total. The minimum atomic E-state index is -3.12. The van der Waals surface area contributed by atoms with Crippen molar-refractivity contribution in [1.82, 2.24) is 10.0 Å². The van der Waals surface area contributed by atoms with E-state index in [1.165, 1.54) is 0 Å². The van der Waals surface area contributed by atoms with Gasteiger partial charge in [0.15, 0.2) is 0 Å². The Morgan fingerprint density at radius 1 is 1.39 bits per heavy atom. The van der Waals surface area contributed by atoms with Gasteiger partial charge in [-0.1, -0.05) is 12.1 Å². The van der Waals surface area contributed by atoms with Gasteiger partial charge in [-0.2, -0.15) is 0 Å². The van der Waals surface area contributed by atoms with E-state index >= 15 is 0 Å². The van der Waals surface area contributed by atoms with Crippen LogP contribution in [0, 0.1) is 0 Å². The van der Waals surface area contributed by atoms with Crippen LogP contribution >= 0.6 is 0 Å². The number of nitrogens with one attached hydrogen (secondary N) is 2. The molecule has 0 saturated carbocycles. The highest BCUT2D eigenvalue weighted by molar-refractivity contribution is 7.88. The zero-order valence-electron chi connectivity index (χ0n) is 10.3. The second kappa shape index (κ2) is 5.26. The van der Waals surface area contributed by atoms with Gasteiger partial charge in [0.2, 0.25) is 10.0 Å². The molecule has 1 unspecified atom stereocenters. The molecule has 0 heterocycles. The van der Waals surface area contributed by atoms with Crippen LogP contribution in [-0.2, 0) is 16.4 Å². The Labute approximate surface area is 107 Å². The predicted octanol–water partition coefficient (Wildman–Crippen LogP) is 0.518. The molecule has 1 aliphatic rings. The summed E-state index contributed by atoms with van der Waals surface area (Å²) >= 11 is 0. The van der Waals surface area contributed by atoms with Crippen LogP contribution in [0.2, 0.25) is 0 Å². The minimum Gasteiger partial charge on any atom is -0.508 e. The first kappa shape index (κ1) is 13.3. The van der Waals surface area contributed by atoms with Crippen LogP contribution in [0.3, 0.4) is 0 Å². The van der Waals surface area contributed by atoms with Crippen molar-refractivity contribution in [2.24, 2.45) is 0 Å². The third kappa shape index (κ3) is 3.22. The molecule has 2 rings (SSSR count). The summed E-state index contributed by atoms with van der Waals surface area (Å²) in [6.07, 6.45) is 2.95. The van der Waals surface area contributed by atoms with Gasteiger partial charge in [-0.05, 0) is 30.0 Å². The van der Waals surface area contributed by atoms with E-state index in [1.54, 1.807) is 6.07 Å². The van der Waals surface area contributed by atoms with Crippen molar-refractivity contribution in [2.45, 2.75) is 18.9 Å². The van der Waals surface area contributed by atoms with Crippen molar-refractivity contribution in [3.8, 4) is 5.75 Å². The van der Waals surface area contributed by atoms with Crippen molar-refractivity contribution >= 4 is 10.0 Å². The van der Waals surface area contributed by atoms with Crippen LogP contribution in [0.15, 0.2) is 18.2 Å². The summed E-state index contributed by atoms with van der Waals surface area (Å²) < 4.78 is 24.2. The number of hydrogen-bond donors (Lipinski definition) is 3. The van der Waals surface area contributed by atoms with Crippen molar-refractivity contribution in [3.05, 3.63) is 29.3 Å². The number of sulfonamides is 1. The van der Waals surface area contributed by atoms with E-state index in [0.29, 0.717) is 18.8 Å². The molecule has 0 aromatic heterocycles. The van der Waals surface area contributed by atoms with Gasteiger partial charge in [-0.15, -0.1) is 0 Å². The zero-order chi connectivity index (χ0) is 13.2. The highest BCUT2D eigenvalue weighted by atomic mass is 32.2. The number of hydrogen-bond acceptors (Lipinski definition) is 4. The lowest BCUT2D eigenvalue weighted by atomic mass is 10.1. The maximum atomic E-state index is 10.9. The second-order valence-corrected chi connectivity index (χ2v) is 6.39. The molecule has 0 aliphatic heterocycles. The molecule has 1 atom stereocenters. The van der Waals surface area contributed by atoms with Crippen LogP contribution in [-0.4, -0.2) is 32.9 Å². The molecule has 100 valence electrons. The largest absolute Gasteiger partial charge is 0.508 e. The van der Waals surface area contributed by atoms with Gasteiger partial charge >= 0.3 is 0 Å². The SMILES string of the molecule is CS(=O)(=O)NCCNC1CCc2c(O)cccc21.